The molecule has 7 heteroatoms. The van der Waals surface area contributed by atoms with E-state index in [9.17, 15) is 9.59 Å². The van der Waals surface area contributed by atoms with Crippen LogP contribution in [0.4, 0.5) is 10.6 Å². The van der Waals surface area contributed by atoms with Crippen LogP contribution in [0, 0.1) is 0 Å². The van der Waals surface area contributed by atoms with Gasteiger partial charge in [-0.25, -0.2) is 9.78 Å². The second kappa shape index (κ2) is 7.11. The molecular weight excluding hydrogens is 340 g/mol. The van der Waals surface area contributed by atoms with Crippen molar-refractivity contribution in [3.8, 4) is 0 Å². The number of nitrogens with one attached hydrogen (secondary N) is 1. The number of carbonyl (C=O) groups is 2. The standard InChI is InChI=1S/C18H19ClN4O2/c19-14-6-9-21-15(12-14)22-17(25)23-10-7-18(8-11-23,16(20)24)13-4-2-1-3-5-13/h1-6,9,12H,7-8,10-11H2,(H2,20,24)(H,21,22,25). The first-order chi connectivity index (χ1) is 12.0. The number of halogens is 1. The van der Waals surface area contributed by atoms with Gasteiger partial charge in [-0.05, 0) is 30.5 Å². The summed E-state index contributed by atoms with van der Waals surface area (Å²) < 4.78 is 0. The number of piperidine rings is 1. The summed E-state index contributed by atoms with van der Waals surface area (Å²) in [6, 6.07) is 12.5. The molecule has 1 saturated heterocycles. The quantitative estimate of drug-likeness (QED) is 0.884. The summed E-state index contributed by atoms with van der Waals surface area (Å²) >= 11 is 5.90. The lowest BCUT2D eigenvalue weighted by Gasteiger charge is -2.39. The zero-order valence-electron chi connectivity index (χ0n) is 13.6. The highest BCUT2D eigenvalue weighted by molar-refractivity contribution is 6.30. The summed E-state index contributed by atoms with van der Waals surface area (Å²) in [4.78, 5) is 30.3. The minimum atomic E-state index is -0.730. The van der Waals surface area contributed by atoms with Crippen molar-refractivity contribution in [3.05, 3.63) is 59.2 Å². The van der Waals surface area contributed by atoms with Crippen LogP contribution in [0.25, 0.3) is 0 Å². The molecule has 1 aliphatic rings. The smallest absolute Gasteiger partial charge is 0.323 e. The fraction of sp³-hybridized carbons (Fsp3) is 0.278. The van der Waals surface area contributed by atoms with E-state index in [1.807, 2.05) is 30.3 Å². The van der Waals surface area contributed by atoms with Crippen LogP contribution in [0.1, 0.15) is 18.4 Å². The minimum Gasteiger partial charge on any atom is -0.369 e. The van der Waals surface area contributed by atoms with E-state index < -0.39 is 5.41 Å². The van der Waals surface area contributed by atoms with Crippen molar-refractivity contribution in [1.82, 2.24) is 9.88 Å². The summed E-state index contributed by atoms with van der Waals surface area (Å²) in [5, 5.41) is 3.22. The summed E-state index contributed by atoms with van der Waals surface area (Å²) in [5.74, 6) is 0.0440. The number of nitrogens with two attached hydrogens (primary N) is 1. The predicted molar refractivity (Wildman–Crippen MR) is 96.4 cm³/mol. The van der Waals surface area contributed by atoms with Crippen LogP contribution in [-0.4, -0.2) is 34.9 Å². The number of carbonyl (C=O) groups excluding carboxylic acids is 2. The third kappa shape index (κ3) is 3.58. The normalized spacial score (nSPS) is 16.3. The lowest BCUT2D eigenvalue weighted by atomic mass is 9.72. The first-order valence-electron chi connectivity index (χ1n) is 8.04. The topological polar surface area (TPSA) is 88.3 Å². The molecule has 2 aromatic rings. The minimum absolute atomic E-state index is 0.263. The molecule has 0 saturated carbocycles. The van der Waals surface area contributed by atoms with Gasteiger partial charge < -0.3 is 10.6 Å². The van der Waals surface area contributed by atoms with Crippen molar-refractivity contribution in [1.29, 1.82) is 0 Å². The van der Waals surface area contributed by atoms with Crippen LogP contribution >= 0.6 is 11.6 Å². The third-order valence-electron chi connectivity index (χ3n) is 4.66. The van der Waals surface area contributed by atoms with Crippen LogP contribution in [-0.2, 0) is 10.2 Å². The van der Waals surface area contributed by atoms with Crippen LogP contribution in [0.5, 0.6) is 0 Å². The van der Waals surface area contributed by atoms with E-state index in [0.717, 1.165) is 5.56 Å². The number of hydrogen-bond donors (Lipinski definition) is 2. The summed E-state index contributed by atoms with van der Waals surface area (Å²) in [6.07, 6.45) is 2.51. The van der Waals surface area contributed by atoms with Gasteiger partial charge in [0.25, 0.3) is 0 Å². The Labute approximate surface area is 151 Å². The fourth-order valence-corrected chi connectivity index (χ4v) is 3.35. The van der Waals surface area contributed by atoms with E-state index in [4.69, 9.17) is 17.3 Å². The molecule has 6 nitrogen and oxygen atoms in total. The molecule has 1 aliphatic heterocycles. The first-order valence-corrected chi connectivity index (χ1v) is 8.42. The van der Waals surface area contributed by atoms with Gasteiger partial charge in [0.2, 0.25) is 5.91 Å². The number of pyridine rings is 1. The highest BCUT2D eigenvalue weighted by Crippen LogP contribution is 2.35. The second-order valence-corrected chi connectivity index (χ2v) is 6.53. The average Bonchev–Trinajstić information content (AvgIpc) is 2.62. The molecule has 25 heavy (non-hydrogen) atoms. The van der Waals surface area contributed by atoms with E-state index in [0.29, 0.717) is 36.8 Å². The number of benzene rings is 1. The summed E-state index contributed by atoms with van der Waals surface area (Å²) in [5.41, 5.74) is 5.89. The van der Waals surface area contributed by atoms with Crippen LogP contribution in [0.3, 0.4) is 0 Å². The van der Waals surface area contributed by atoms with Crippen molar-refractivity contribution in [2.45, 2.75) is 18.3 Å². The number of likely N-dealkylation sites (tertiary alicyclic amines) is 1. The largest absolute Gasteiger partial charge is 0.369 e. The van der Waals surface area contributed by atoms with E-state index in [2.05, 4.69) is 10.3 Å². The van der Waals surface area contributed by atoms with Crippen LogP contribution in [0.15, 0.2) is 48.7 Å². The van der Waals surface area contributed by atoms with Crippen molar-refractivity contribution in [2.75, 3.05) is 18.4 Å². The molecule has 3 rings (SSSR count). The zero-order chi connectivity index (χ0) is 17.9. The number of anilines is 1. The fourth-order valence-electron chi connectivity index (χ4n) is 3.19. The van der Waals surface area contributed by atoms with Gasteiger partial charge in [-0.2, -0.15) is 0 Å². The Bertz CT molecular complexity index is 774. The first kappa shape index (κ1) is 17.2. The maximum absolute atomic E-state index is 12.4. The Morgan fingerprint density at radius 1 is 1.16 bits per heavy atom. The van der Waals surface area contributed by atoms with Gasteiger partial charge in [-0.15, -0.1) is 0 Å². The van der Waals surface area contributed by atoms with Crippen LogP contribution < -0.4 is 11.1 Å². The number of urea groups is 1. The van der Waals surface area contributed by atoms with Gasteiger partial charge in [-0.1, -0.05) is 41.9 Å². The number of amides is 3. The Morgan fingerprint density at radius 2 is 1.84 bits per heavy atom. The Hall–Kier alpha value is -2.60. The summed E-state index contributed by atoms with van der Waals surface area (Å²) in [6.45, 7) is 0.870. The molecule has 1 fully saturated rings. The highest BCUT2D eigenvalue weighted by Gasteiger charge is 2.42. The van der Waals surface area contributed by atoms with E-state index in [1.165, 1.54) is 6.20 Å². The Morgan fingerprint density at radius 3 is 2.44 bits per heavy atom. The number of rotatable bonds is 3. The zero-order valence-corrected chi connectivity index (χ0v) is 14.4. The number of aromatic nitrogens is 1. The van der Waals surface area contributed by atoms with E-state index in [-0.39, 0.29) is 11.9 Å². The lowest BCUT2D eigenvalue weighted by Crippen LogP contribution is -2.52. The van der Waals surface area contributed by atoms with Gasteiger partial charge in [0.15, 0.2) is 0 Å². The van der Waals surface area contributed by atoms with Crippen molar-refractivity contribution in [3.63, 3.8) is 0 Å². The molecule has 2 heterocycles. The highest BCUT2D eigenvalue weighted by atomic mass is 35.5. The van der Waals surface area contributed by atoms with Gasteiger partial charge in [0.1, 0.15) is 5.82 Å². The van der Waals surface area contributed by atoms with Crippen LogP contribution in [0.2, 0.25) is 5.02 Å². The molecule has 1 aromatic carbocycles. The molecule has 0 spiro atoms. The maximum Gasteiger partial charge on any atom is 0.323 e. The molecule has 1 aromatic heterocycles. The molecule has 0 unspecified atom stereocenters. The molecular formula is C18H19ClN4O2. The summed E-state index contributed by atoms with van der Waals surface area (Å²) in [7, 11) is 0. The molecule has 0 aliphatic carbocycles. The molecule has 0 radical (unpaired) electrons. The van der Waals surface area contributed by atoms with Crippen molar-refractivity contribution < 1.29 is 9.59 Å². The molecule has 0 atom stereocenters. The lowest BCUT2D eigenvalue weighted by molar-refractivity contribution is -0.125. The van der Waals surface area contributed by atoms with Gasteiger partial charge in [0, 0.05) is 24.3 Å². The molecule has 3 N–H and O–H groups in total. The van der Waals surface area contributed by atoms with E-state index in [1.54, 1.807) is 17.0 Å². The molecule has 130 valence electrons. The second-order valence-electron chi connectivity index (χ2n) is 6.09. The van der Waals surface area contributed by atoms with Crippen molar-refractivity contribution in [2.24, 2.45) is 5.73 Å². The monoisotopic (exact) mass is 358 g/mol. The van der Waals surface area contributed by atoms with Gasteiger partial charge in [0.05, 0.1) is 5.41 Å². The molecule has 0 bridgehead atoms. The van der Waals surface area contributed by atoms with Crippen molar-refractivity contribution >= 4 is 29.4 Å². The number of primary amides is 1. The number of nitrogens with zero attached hydrogens (tertiary/aromatic N) is 2. The molecule has 3 amide bonds. The predicted octanol–water partition coefficient (Wildman–Crippen LogP) is 2.79. The Kier molecular flexibility index (Phi) is 4.90. The SMILES string of the molecule is NC(=O)C1(c2ccccc2)CCN(C(=O)Nc2cc(Cl)ccn2)CC1. The number of hydrogen-bond acceptors (Lipinski definition) is 3. The van der Waals surface area contributed by atoms with Gasteiger partial charge >= 0.3 is 6.03 Å². The third-order valence-corrected chi connectivity index (χ3v) is 4.89. The van der Waals surface area contributed by atoms with Gasteiger partial charge in [-0.3, -0.25) is 10.1 Å². The average molecular weight is 359 g/mol. The Balaban J connectivity index is 1.70. The van der Waals surface area contributed by atoms with E-state index >= 15 is 0 Å². The maximum atomic E-state index is 12.4.